The third kappa shape index (κ3) is 1.22. The summed E-state index contributed by atoms with van der Waals surface area (Å²) >= 11 is 0. The number of carbonyl (C=O) groups excluding carboxylic acids is 1. The van der Waals surface area contributed by atoms with Crippen LogP contribution in [0.5, 0.6) is 5.75 Å². The first-order valence-electron chi connectivity index (χ1n) is 5.57. The van der Waals surface area contributed by atoms with Crippen molar-refractivity contribution in [3.8, 4) is 5.75 Å². The van der Waals surface area contributed by atoms with E-state index in [1.807, 2.05) is 0 Å². The topological polar surface area (TPSA) is 75.0 Å². The summed E-state index contributed by atoms with van der Waals surface area (Å²) in [7, 11) is 3.00. The summed E-state index contributed by atoms with van der Waals surface area (Å²) < 4.78 is 6.63. The molecule has 7 heteroatoms. The molecule has 18 heavy (non-hydrogen) atoms. The Bertz CT molecular complexity index is 595. The monoisotopic (exact) mass is 251 g/mol. The molecule has 1 unspecified atom stereocenters. The van der Waals surface area contributed by atoms with Crippen molar-refractivity contribution in [1.82, 2.24) is 9.58 Å². The summed E-state index contributed by atoms with van der Waals surface area (Å²) in [6.45, 7) is 0.735. The van der Waals surface area contributed by atoms with E-state index in [9.17, 15) is 14.7 Å². The molecule has 0 bridgehead atoms. The molecular formula is C11H13N3O4. The summed E-state index contributed by atoms with van der Waals surface area (Å²) in [4.78, 5) is 25.5. The van der Waals surface area contributed by atoms with Gasteiger partial charge in [-0.25, -0.2) is 4.68 Å². The minimum absolute atomic E-state index is 0.0226. The molecule has 2 aliphatic rings. The SMILES string of the molecule is COc1c2n3c(cc1=O)C(O)CN3CN(C)C2=O. The van der Waals surface area contributed by atoms with E-state index in [4.69, 9.17) is 4.74 Å². The Labute approximate surface area is 103 Å². The fourth-order valence-electron chi connectivity index (χ4n) is 2.52. The van der Waals surface area contributed by atoms with Gasteiger partial charge in [-0.3, -0.25) is 14.6 Å². The minimum atomic E-state index is -0.762. The summed E-state index contributed by atoms with van der Waals surface area (Å²) in [6, 6.07) is 1.32. The number of nitrogens with zero attached hydrogens (tertiary/aromatic N) is 3. The van der Waals surface area contributed by atoms with Crippen LogP contribution in [0, 0.1) is 0 Å². The van der Waals surface area contributed by atoms with Crippen molar-refractivity contribution in [2.45, 2.75) is 6.10 Å². The highest BCUT2D eigenvalue weighted by molar-refractivity contribution is 5.96. The number of aliphatic hydroxyl groups excluding tert-OH is 1. The van der Waals surface area contributed by atoms with Gasteiger partial charge in [-0.15, -0.1) is 0 Å². The van der Waals surface area contributed by atoms with Crippen LogP contribution in [0.3, 0.4) is 0 Å². The fraction of sp³-hybridized carbons (Fsp3) is 0.455. The molecule has 3 rings (SSSR count). The average molecular weight is 251 g/mol. The lowest BCUT2D eigenvalue weighted by molar-refractivity contribution is 0.0736. The predicted molar refractivity (Wildman–Crippen MR) is 62.3 cm³/mol. The lowest BCUT2D eigenvalue weighted by atomic mass is 10.2. The van der Waals surface area contributed by atoms with Crippen LogP contribution >= 0.6 is 0 Å². The van der Waals surface area contributed by atoms with E-state index in [1.54, 1.807) is 16.7 Å². The van der Waals surface area contributed by atoms with Gasteiger partial charge < -0.3 is 14.7 Å². The standard InChI is InChI=1S/C11H13N3O4/c1-12-5-13-4-8(16)6-3-7(15)10(18-2)9(11(12)17)14(6)13/h3,8,16H,4-5H2,1-2H3. The first kappa shape index (κ1) is 11.1. The first-order chi connectivity index (χ1) is 8.54. The summed E-state index contributed by atoms with van der Waals surface area (Å²) in [5.41, 5.74) is 0.242. The Kier molecular flexibility index (Phi) is 2.15. The molecule has 1 aromatic rings. The number of aromatic nitrogens is 1. The molecular weight excluding hydrogens is 238 g/mol. The van der Waals surface area contributed by atoms with Gasteiger partial charge in [-0.05, 0) is 0 Å². The molecule has 0 aliphatic carbocycles. The van der Waals surface area contributed by atoms with Gasteiger partial charge in [-0.1, -0.05) is 0 Å². The highest BCUT2D eigenvalue weighted by atomic mass is 16.5. The van der Waals surface area contributed by atoms with Crippen molar-refractivity contribution in [2.24, 2.45) is 0 Å². The van der Waals surface area contributed by atoms with Gasteiger partial charge in [0.2, 0.25) is 5.43 Å². The Morgan fingerprint density at radius 2 is 2.17 bits per heavy atom. The molecule has 0 fully saturated rings. The van der Waals surface area contributed by atoms with E-state index in [0.717, 1.165) is 0 Å². The van der Waals surface area contributed by atoms with Crippen LogP contribution in [0.25, 0.3) is 0 Å². The van der Waals surface area contributed by atoms with E-state index in [1.165, 1.54) is 18.1 Å². The number of amides is 1. The third-order valence-electron chi connectivity index (χ3n) is 3.31. The predicted octanol–water partition coefficient (Wildman–Crippen LogP) is -1.12. The van der Waals surface area contributed by atoms with Gasteiger partial charge in [0.25, 0.3) is 5.91 Å². The second-order valence-electron chi connectivity index (χ2n) is 4.48. The number of hydrogen-bond donors (Lipinski definition) is 1. The van der Waals surface area contributed by atoms with E-state index < -0.39 is 6.10 Å². The van der Waals surface area contributed by atoms with Gasteiger partial charge in [0.15, 0.2) is 11.4 Å². The first-order valence-corrected chi connectivity index (χ1v) is 5.57. The van der Waals surface area contributed by atoms with Crippen molar-refractivity contribution in [3.63, 3.8) is 0 Å². The van der Waals surface area contributed by atoms with Crippen LogP contribution in [0.2, 0.25) is 0 Å². The van der Waals surface area contributed by atoms with Gasteiger partial charge in [-0.2, -0.15) is 0 Å². The third-order valence-corrected chi connectivity index (χ3v) is 3.31. The highest BCUT2D eigenvalue weighted by Crippen LogP contribution is 2.30. The maximum absolute atomic E-state index is 12.2. The summed E-state index contributed by atoms with van der Waals surface area (Å²) in [6.07, 6.45) is -0.762. The number of ether oxygens (including phenoxy) is 1. The molecule has 1 N–H and O–H groups in total. The lowest BCUT2D eigenvalue weighted by Gasteiger charge is -2.35. The molecule has 1 atom stereocenters. The zero-order valence-electron chi connectivity index (χ0n) is 10.1. The zero-order valence-corrected chi connectivity index (χ0v) is 10.1. The zero-order chi connectivity index (χ0) is 13.0. The molecule has 3 heterocycles. The van der Waals surface area contributed by atoms with Crippen LogP contribution in [0.4, 0.5) is 0 Å². The van der Waals surface area contributed by atoms with Crippen LogP contribution in [-0.2, 0) is 0 Å². The maximum Gasteiger partial charge on any atom is 0.277 e. The Balaban J connectivity index is 2.37. The number of aliphatic hydroxyl groups is 1. The van der Waals surface area contributed by atoms with Crippen LogP contribution in [-0.4, -0.2) is 48.0 Å². The molecule has 1 amide bonds. The largest absolute Gasteiger partial charge is 0.491 e. The normalized spacial score (nSPS) is 21.3. The van der Waals surface area contributed by atoms with E-state index in [-0.39, 0.29) is 22.8 Å². The number of hydrogen-bond acceptors (Lipinski definition) is 5. The van der Waals surface area contributed by atoms with Gasteiger partial charge in [0.1, 0.15) is 12.8 Å². The minimum Gasteiger partial charge on any atom is -0.491 e. The quantitative estimate of drug-likeness (QED) is 0.684. The summed E-state index contributed by atoms with van der Waals surface area (Å²) in [5, 5.41) is 11.7. The Morgan fingerprint density at radius 3 is 2.83 bits per heavy atom. The van der Waals surface area contributed by atoms with Gasteiger partial charge in [0.05, 0.1) is 19.3 Å². The molecule has 96 valence electrons. The van der Waals surface area contributed by atoms with Crippen LogP contribution in [0.1, 0.15) is 22.3 Å². The van der Waals surface area contributed by atoms with Crippen molar-refractivity contribution >= 4 is 5.91 Å². The molecule has 1 aromatic heterocycles. The van der Waals surface area contributed by atoms with Crippen molar-refractivity contribution < 1.29 is 14.6 Å². The Morgan fingerprint density at radius 1 is 1.44 bits per heavy atom. The van der Waals surface area contributed by atoms with Gasteiger partial charge in [0, 0.05) is 13.1 Å². The number of carbonyl (C=O) groups is 1. The molecule has 0 saturated carbocycles. The van der Waals surface area contributed by atoms with Crippen molar-refractivity contribution in [2.75, 3.05) is 32.4 Å². The number of methoxy groups -OCH3 is 1. The second kappa shape index (κ2) is 3.49. The second-order valence-corrected chi connectivity index (χ2v) is 4.48. The molecule has 0 saturated heterocycles. The number of pyridine rings is 1. The smallest absolute Gasteiger partial charge is 0.277 e. The molecule has 0 aromatic carbocycles. The van der Waals surface area contributed by atoms with E-state index in [2.05, 4.69) is 0 Å². The molecule has 2 aliphatic heterocycles. The van der Waals surface area contributed by atoms with Crippen LogP contribution in [0.15, 0.2) is 10.9 Å². The number of rotatable bonds is 1. The lowest BCUT2D eigenvalue weighted by Crippen LogP contribution is -2.51. The maximum atomic E-state index is 12.2. The van der Waals surface area contributed by atoms with Crippen molar-refractivity contribution in [1.29, 1.82) is 0 Å². The van der Waals surface area contributed by atoms with Crippen molar-refractivity contribution in [3.05, 3.63) is 27.7 Å². The molecule has 0 radical (unpaired) electrons. The average Bonchev–Trinajstić information content (AvgIpc) is 2.62. The van der Waals surface area contributed by atoms with E-state index in [0.29, 0.717) is 18.9 Å². The van der Waals surface area contributed by atoms with Crippen LogP contribution < -0.4 is 15.2 Å². The highest BCUT2D eigenvalue weighted by Gasteiger charge is 2.39. The summed E-state index contributed by atoms with van der Waals surface area (Å²) in [5.74, 6) is -0.259. The van der Waals surface area contributed by atoms with E-state index >= 15 is 0 Å². The molecule has 7 nitrogen and oxygen atoms in total. The Hall–Kier alpha value is -2.02. The fourth-order valence-corrected chi connectivity index (χ4v) is 2.52. The molecule has 0 spiro atoms. The van der Waals surface area contributed by atoms with Gasteiger partial charge >= 0.3 is 0 Å².